The van der Waals surface area contributed by atoms with Gasteiger partial charge in [-0.15, -0.1) is 0 Å². The first-order valence-electron chi connectivity index (χ1n) is 17.7. The minimum atomic E-state index is -1.04. The van der Waals surface area contributed by atoms with Crippen LogP contribution in [-0.4, -0.2) is 35.6 Å². The zero-order chi connectivity index (χ0) is 33.8. The van der Waals surface area contributed by atoms with Crippen molar-refractivity contribution in [3.63, 3.8) is 0 Å². The maximum Gasteiger partial charge on any atom is 0.322 e. The fourth-order valence-electron chi connectivity index (χ4n) is 4.49. The van der Waals surface area contributed by atoms with Gasteiger partial charge in [-0.05, 0) is 89.5 Å². The van der Waals surface area contributed by atoms with Gasteiger partial charge in [-0.25, -0.2) is 0 Å². The third-order valence-corrected chi connectivity index (χ3v) is 7.05. The van der Waals surface area contributed by atoms with Gasteiger partial charge in [0.25, 0.3) is 0 Å². The van der Waals surface area contributed by atoms with E-state index in [1.54, 1.807) is 0 Å². The van der Waals surface area contributed by atoms with Crippen molar-refractivity contribution >= 4 is 17.8 Å². The molecule has 6 heteroatoms. The summed E-state index contributed by atoms with van der Waals surface area (Å²) in [4.78, 5) is 34.8. The van der Waals surface area contributed by atoms with Crippen LogP contribution in [0.1, 0.15) is 136 Å². The first kappa shape index (κ1) is 42.6. The van der Waals surface area contributed by atoms with Crippen LogP contribution in [0.3, 0.4) is 0 Å². The number of hydrogen-bond acceptors (Lipinski definition) is 4. The summed E-state index contributed by atoms with van der Waals surface area (Å²) in [5.74, 6) is -1.41. The van der Waals surface area contributed by atoms with Gasteiger partial charge < -0.3 is 15.2 Å². The molecule has 1 unspecified atom stereocenters. The van der Waals surface area contributed by atoms with Crippen LogP contribution in [0.25, 0.3) is 0 Å². The first-order valence-corrected chi connectivity index (χ1v) is 17.7. The molecule has 0 heterocycles. The van der Waals surface area contributed by atoms with Crippen LogP contribution in [-0.2, 0) is 19.1 Å². The van der Waals surface area contributed by atoms with Gasteiger partial charge in [0.15, 0.2) is 0 Å². The Morgan fingerprint density at radius 2 is 1.07 bits per heavy atom. The van der Waals surface area contributed by atoms with E-state index >= 15 is 0 Å². The summed E-state index contributed by atoms with van der Waals surface area (Å²) in [6, 6.07) is 0. The van der Waals surface area contributed by atoms with E-state index < -0.39 is 5.97 Å². The standard InChI is InChI=1S/C40H63NO5/c1-3-5-7-9-11-13-14-15-16-17-18-19-20-21-23-25-31-35-40(45)46-37(32-28-24-22-12-10-8-6-4-2)33-29-26-27-30-34-38(42)41-36-39(43)44/h5-8,11-13,15-16,18-19,22,28,32,37H,3-4,9-10,14,17,20-21,23-27,29-31,33-36H2,1-2H3,(H,41,42)(H,43,44)/b7-5-,8-6-,13-11-,16-15-,19-18-,22-12-,32-28-. The van der Waals surface area contributed by atoms with Gasteiger partial charge >= 0.3 is 11.9 Å². The molecule has 0 aliphatic heterocycles. The van der Waals surface area contributed by atoms with Gasteiger partial charge in [-0.3, -0.25) is 14.4 Å². The molecule has 1 amide bonds. The second-order valence-corrected chi connectivity index (χ2v) is 11.4. The van der Waals surface area contributed by atoms with Gasteiger partial charge in [-0.2, -0.15) is 0 Å². The number of ether oxygens (including phenoxy) is 1. The highest BCUT2D eigenvalue weighted by Gasteiger charge is 2.11. The molecule has 0 aliphatic carbocycles. The van der Waals surface area contributed by atoms with Gasteiger partial charge in [0.05, 0.1) is 0 Å². The number of allylic oxidation sites excluding steroid dienone is 13. The van der Waals surface area contributed by atoms with Crippen LogP contribution in [0.5, 0.6) is 0 Å². The smallest absolute Gasteiger partial charge is 0.322 e. The number of carbonyl (C=O) groups excluding carboxylic acids is 2. The molecule has 6 nitrogen and oxygen atoms in total. The molecule has 0 saturated heterocycles. The Labute approximate surface area is 280 Å². The predicted molar refractivity (Wildman–Crippen MR) is 194 cm³/mol. The van der Waals surface area contributed by atoms with E-state index in [0.717, 1.165) is 103 Å². The Morgan fingerprint density at radius 3 is 1.63 bits per heavy atom. The molecule has 0 saturated carbocycles. The average molecular weight is 638 g/mol. The number of rotatable bonds is 30. The van der Waals surface area contributed by atoms with Crippen molar-refractivity contribution in [1.29, 1.82) is 0 Å². The molecular formula is C40H63NO5. The normalized spacial score (nSPS) is 13.1. The fraction of sp³-hybridized carbons (Fsp3) is 0.575. The fourth-order valence-corrected chi connectivity index (χ4v) is 4.49. The predicted octanol–water partition coefficient (Wildman–Crippen LogP) is 10.4. The molecular weight excluding hydrogens is 574 g/mol. The molecule has 46 heavy (non-hydrogen) atoms. The van der Waals surface area contributed by atoms with E-state index in [2.05, 4.69) is 98.2 Å². The maximum absolute atomic E-state index is 12.6. The summed E-state index contributed by atoms with van der Waals surface area (Å²) in [5, 5.41) is 11.0. The number of carbonyl (C=O) groups is 3. The number of hydrogen-bond donors (Lipinski definition) is 2. The molecule has 0 spiro atoms. The Morgan fingerprint density at radius 1 is 0.587 bits per heavy atom. The number of carboxylic acids is 1. The van der Waals surface area contributed by atoms with E-state index in [0.29, 0.717) is 19.3 Å². The lowest BCUT2D eigenvalue weighted by atomic mass is 10.1. The molecule has 0 fully saturated rings. The molecule has 0 aromatic rings. The lowest BCUT2D eigenvalue weighted by Gasteiger charge is -2.14. The highest BCUT2D eigenvalue weighted by Crippen LogP contribution is 2.14. The Balaban J connectivity index is 4.27. The molecule has 0 aliphatic rings. The van der Waals surface area contributed by atoms with Crippen molar-refractivity contribution in [2.45, 2.75) is 142 Å². The number of nitrogens with one attached hydrogen (secondary N) is 1. The van der Waals surface area contributed by atoms with Gasteiger partial charge in [0.2, 0.25) is 5.91 Å². The van der Waals surface area contributed by atoms with E-state index in [9.17, 15) is 14.4 Å². The summed E-state index contributed by atoms with van der Waals surface area (Å²) in [5.41, 5.74) is 0. The summed E-state index contributed by atoms with van der Waals surface area (Å²) in [6.45, 7) is 3.93. The monoisotopic (exact) mass is 637 g/mol. The first-order chi connectivity index (χ1) is 22.5. The molecule has 1 atom stereocenters. The summed E-state index contributed by atoms with van der Waals surface area (Å²) in [7, 11) is 0. The Hall–Kier alpha value is -3.41. The maximum atomic E-state index is 12.6. The minimum absolute atomic E-state index is 0.135. The number of unbranched alkanes of at least 4 members (excludes halogenated alkanes) is 7. The van der Waals surface area contributed by atoms with E-state index in [-0.39, 0.29) is 24.5 Å². The van der Waals surface area contributed by atoms with Crippen LogP contribution in [0.4, 0.5) is 0 Å². The van der Waals surface area contributed by atoms with Crippen molar-refractivity contribution in [3.8, 4) is 0 Å². The topological polar surface area (TPSA) is 92.7 Å². The van der Waals surface area contributed by atoms with Crippen LogP contribution in [0, 0.1) is 0 Å². The lowest BCUT2D eigenvalue weighted by molar-refractivity contribution is -0.147. The largest absolute Gasteiger partial charge is 0.480 e. The molecule has 2 N–H and O–H groups in total. The third kappa shape index (κ3) is 33.5. The summed E-state index contributed by atoms with van der Waals surface area (Å²) < 4.78 is 5.83. The number of carboxylic acid groups (broad SMARTS) is 1. The molecule has 0 radical (unpaired) electrons. The van der Waals surface area contributed by atoms with Crippen molar-refractivity contribution in [2.75, 3.05) is 6.54 Å². The van der Waals surface area contributed by atoms with Crippen molar-refractivity contribution < 1.29 is 24.2 Å². The van der Waals surface area contributed by atoms with Crippen LogP contribution < -0.4 is 5.32 Å². The SMILES string of the molecule is CC/C=C\C/C=C\C/C=C\C/C=C\CCCCCCC(=O)OC(/C=C\C/C=C\C/C=C\CC)CCCCCCC(=O)NCC(=O)O. The van der Waals surface area contributed by atoms with Crippen molar-refractivity contribution in [2.24, 2.45) is 0 Å². The van der Waals surface area contributed by atoms with Crippen LogP contribution in [0.15, 0.2) is 85.1 Å². The quantitative estimate of drug-likeness (QED) is 0.0464. The molecule has 0 rings (SSSR count). The molecule has 258 valence electrons. The van der Waals surface area contributed by atoms with Gasteiger partial charge in [0.1, 0.15) is 12.6 Å². The van der Waals surface area contributed by atoms with Crippen LogP contribution in [0.2, 0.25) is 0 Å². The van der Waals surface area contributed by atoms with Gasteiger partial charge in [-0.1, -0.05) is 119 Å². The van der Waals surface area contributed by atoms with Gasteiger partial charge in [0, 0.05) is 12.8 Å². The number of amides is 1. The summed E-state index contributed by atoms with van der Waals surface area (Å²) >= 11 is 0. The molecule has 0 aromatic heterocycles. The summed E-state index contributed by atoms with van der Waals surface area (Å²) in [6.07, 6.45) is 47.2. The third-order valence-electron chi connectivity index (χ3n) is 7.05. The van der Waals surface area contributed by atoms with E-state index in [1.165, 1.54) is 0 Å². The molecule has 0 bridgehead atoms. The van der Waals surface area contributed by atoms with E-state index in [1.807, 2.05) is 6.08 Å². The number of esters is 1. The molecule has 0 aromatic carbocycles. The second-order valence-electron chi connectivity index (χ2n) is 11.4. The second kappa shape index (κ2) is 34.5. The lowest BCUT2D eigenvalue weighted by Crippen LogP contribution is -2.28. The Bertz CT molecular complexity index is 970. The Kier molecular flexibility index (Phi) is 31.9. The minimum Gasteiger partial charge on any atom is -0.480 e. The zero-order valence-corrected chi connectivity index (χ0v) is 28.9. The van der Waals surface area contributed by atoms with E-state index in [4.69, 9.17) is 9.84 Å². The highest BCUT2D eigenvalue weighted by atomic mass is 16.5. The average Bonchev–Trinajstić information content (AvgIpc) is 3.04. The highest BCUT2D eigenvalue weighted by molar-refractivity contribution is 5.80. The number of aliphatic carboxylic acids is 1. The zero-order valence-electron chi connectivity index (χ0n) is 28.9. The van der Waals surface area contributed by atoms with Crippen molar-refractivity contribution in [3.05, 3.63) is 85.1 Å². The van der Waals surface area contributed by atoms with Crippen LogP contribution >= 0.6 is 0 Å². The van der Waals surface area contributed by atoms with Crippen molar-refractivity contribution in [1.82, 2.24) is 5.32 Å².